The largest absolute Gasteiger partial charge is 0.290 e. The first kappa shape index (κ1) is 23.6. The second-order valence-electron chi connectivity index (χ2n) is 9.23. The summed E-state index contributed by atoms with van der Waals surface area (Å²) in [4.78, 5) is 27.7. The van der Waals surface area contributed by atoms with Crippen LogP contribution in [0.15, 0.2) is 24.3 Å². The first-order chi connectivity index (χ1) is 14.5. The SMILES string of the molecule is Cc1cc(C)c(C(=O)P(=O)(NC2CCCCC2)C(=O)c2c(C)cc(C)cc2C)c(C)c1. The molecule has 31 heavy (non-hydrogen) atoms. The highest BCUT2D eigenvalue weighted by Gasteiger charge is 2.44. The van der Waals surface area contributed by atoms with Crippen LogP contribution in [0.4, 0.5) is 0 Å². The first-order valence-corrected chi connectivity index (χ1v) is 12.9. The van der Waals surface area contributed by atoms with Gasteiger partial charge in [0.15, 0.2) is 0 Å². The van der Waals surface area contributed by atoms with Crippen molar-refractivity contribution < 1.29 is 14.2 Å². The Bertz CT molecular complexity index is 961. The number of hydrogen-bond donors (Lipinski definition) is 1. The molecule has 1 aliphatic rings. The van der Waals surface area contributed by atoms with Crippen LogP contribution in [0.5, 0.6) is 0 Å². The molecule has 2 aromatic carbocycles. The standard InChI is InChI=1S/C26H34NO3P/c1-16-12-18(3)23(19(4)13-16)25(28)31(30,27-22-10-8-7-9-11-22)26(29)24-20(5)14-17(2)15-21(24)6/h12-15,22H,7-11H2,1-6H3,(H,27,30). The van der Waals surface area contributed by atoms with Gasteiger partial charge >= 0.3 is 0 Å². The van der Waals surface area contributed by atoms with Crippen LogP contribution in [0.3, 0.4) is 0 Å². The predicted octanol–water partition coefficient (Wildman–Crippen LogP) is 6.72. The molecule has 3 rings (SSSR count). The number of rotatable bonds is 6. The van der Waals surface area contributed by atoms with Gasteiger partial charge < -0.3 is 0 Å². The van der Waals surface area contributed by atoms with Crippen molar-refractivity contribution in [3.05, 3.63) is 68.8 Å². The zero-order chi connectivity index (χ0) is 22.9. The summed E-state index contributed by atoms with van der Waals surface area (Å²) in [7, 11) is -4.08. The number of carbonyl (C=O) groups is 2. The summed E-state index contributed by atoms with van der Waals surface area (Å²) in [5, 5.41) is 3.12. The maximum absolute atomic E-state index is 14.5. The van der Waals surface area contributed by atoms with Crippen molar-refractivity contribution in [3.8, 4) is 0 Å². The van der Waals surface area contributed by atoms with Crippen molar-refractivity contribution in [2.75, 3.05) is 0 Å². The van der Waals surface area contributed by atoms with Gasteiger partial charge in [-0.15, -0.1) is 0 Å². The molecule has 1 saturated carbocycles. The van der Waals surface area contributed by atoms with Crippen molar-refractivity contribution >= 4 is 18.3 Å². The zero-order valence-corrected chi connectivity index (χ0v) is 20.5. The van der Waals surface area contributed by atoms with Gasteiger partial charge in [-0.1, -0.05) is 54.7 Å². The van der Waals surface area contributed by atoms with Gasteiger partial charge in [-0.2, -0.15) is 0 Å². The lowest BCUT2D eigenvalue weighted by Crippen LogP contribution is -2.34. The summed E-state index contributed by atoms with van der Waals surface area (Å²) in [5.74, 6) is 0. The lowest BCUT2D eigenvalue weighted by atomic mass is 9.96. The Morgan fingerprint density at radius 2 is 1.06 bits per heavy atom. The Balaban J connectivity index is 2.15. The summed E-state index contributed by atoms with van der Waals surface area (Å²) in [6.07, 6.45) is 4.84. The Morgan fingerprint density at radius 3 is 1.42 bits per heavy atom. The van der Waals surface area contributed by atoms with E-state index < -0.39 is 18.3 Å². The molecule has 0 saturated heterocycles. The molecule has 2 aromatic rings. The Hall–Kier alpha value is -2.03. The topological polar surface area (TPSA) is 63.2 Å². The fraction of sp³-hybridized carbons (Fsp3) is 0.462. The highest BCUT2D eigenvalue weighted by Crippen LogP contribution is 2.51. The maximum Gasteiger partial charge on any atom is 0.283 e. The minimum Gasteiger partial charge on any atom is -0.290 e. The van der Waals surface area contributed by atoms with E-state index in [1.54, 1.807) is 0 Å². The van der Waals surface area contributed by atoms with Gasteiger partial charge in [0.2, 0.25) is 11.0 Å². The molecule has 0 heterocycles. The maximum atomic E-state index is 14.5. The summed E-state index contributed by atoms with van der Waals surface area (Å²) < 4.78 is 14.5. The lowest BCUT2D eigenvalue weighted by Gasteiger charge is -2.28. The molecule has 0 aromatic heterocycles. The highest BCUT2D eigenvalue weighted by molar-refractivity contribution is 7.94. The predicted molar refractivity (Wildman–Crippen MR) is 128 cm³/mol. The van der Waals surface area contributed by atoms with Crippen LogP contribution in [0, 0.1) is 41.5 Å². The minimum atomic E-state index is -4.08. The van der Waals surface area contributed by atoms with Crippen LogP contribution in [-0.4, -0.2) is 17.1 Å². The molecule has 0 amide bonds. The summed E-state index contributed by atoms with van der Waals surface area (Å²) in [6.45, 7) is 11.3. The average Bonchev–Trinajstić information content (AvgIpc) is 2.66. The van der Waals surface area contributed by atoms with Crippen LogP contribution < -0.4 is 5.09 Å². The summed E-state index contributed by atoms with van der Waals surface area (Å²) >= 11 is 0. The molecule has 0 radical (unpaired) electrons. The first-order valence-electron chi connectivity index (χ1n) is 11.2. The van der Waals surface area contributed by atoms with E-state index in [9.17, 15) is 14.2 Å². The van der Waals surface area contributed by atoms with Crippen molar-refractivity contribution in [2.45, 2.75) is 79.7 Å². The van der Waals surface area contributed by atoms with Crippen molar-refractivity contribution in [3.63, 3.8) is 0 Å². The molecule has 1 N–H and O–H groups in total. The van der Waals surface area contributed by atoms with Gasteiger partial charge in [0.1, 0.15) is 0 Å². The Kier molecular flexibility index (Phi) is 7.03. The second-order valence-corrected chi connectivity index (χ2v) is 11.5. The monoisotopic (exact) mass is 439 g/mol. The third-order valence-corrected chi connectivity index (χ3v) is 8.64. The van der Waals surface area contributed by atoms with Crippen molar-refractivity contribution in [1.29, 1.82) is 0 Å². The summed E-state index contributed by atoms with van der Waals surface area (Å²) in [5.41, 5.74) is 4.83. The molecular formula is C26H34NO3P. The van der Waals surface area contributed by atoms with E-state index in [4.69, 9.17) is 0 Å². The fourth-order valence-electron chi connectivity index (χ4n) is 5.05. The van der Waals surface area contributed by atoms with E-state index in [1.807, 2.05) is 65.8 Å². The number of carbonyl (C=O) groups excluding carboxylic acids is 2. The van der Waals surface area contributed by atoms with Crippen LogP contribution >= 0.6 is 7.29 Å². The Morgan fingerprint density at radius 1 is 0.710 bits per heavy atom. The zero-order valence-electron chi connectivity index (χ0n) is 19.6. The van der Waals surface area contributed by atoms with Crippen molar-refractivity contribution in [1.82, 2.24) is 5.09 Å². The van der Waals surface area contributed by atoms with Gasteiger partial charge in [0.05, 0.1) is 0 Å². The summed E-state index contributed by atoms with van der Waals surface area (Å²) in [6, 6.07) is 7.58. The molecule has 0 bridgehead atoms. The van der Waals surface area contributed by atoms with E-state index in [2.05, 4.69) is 5.09 Å². The van der Waals surface area contributed by atoms with Gasteiger partial charge in [-0.05, 0) is 76.6 Å². The van der Waals surface area contributed by atoms with Crippen LogP contribution in [-0.2, 0) is 4.57 Å². The van der Waals surface area contributed by atoms with Crippen LogP contribution in [0.25, 0.3) is 0 Å². The van der Waals surface area contributed by atoms with E-state index in [-0.39, 0.29) is 6.04 Å². The van der Waals surface area contributed by atoms with Crippen LogP contribution in [0.1, 0.15) is 86.2 Å². The van der Waals surface area contributed by atoms with Gasteiger partial charge in [-0.25, -0.2) is 0 Å². The molecule has 0 aliphatic heterocycles. The molecule has 0 spiro atoms. The van der Waals surface area contributed by atoms with E-state index in [0.717, 1.165) is 65.5 Å². The lowest BCUT2D eigenvalue weighted by molar-refractivity contribution is 0.103. The number of hydrogen-bond acceptors (Lipinski definition) is 3. The molecule has 4 nitrogen and oxygen atoms in total. The second kappa shape index (κ2) is 9.22. The number of aryl methyl sites for hydroxylation is 6. The van der Waals surface area contributed by atoms with E-state index in [1.165, 1.54) is 0 Å². The molecule has 1 aliphatic carbocycles. The van der Waals surface area contributed by atoms with Crippen molar-refractivity contribution in [2.24, 2.45) is 0 Å². The minimum absolute atomic E-state index is 0.0791. The average molecular weight is 440 g/mol. The van der Waals surface area contributed by atoms with Gasteiger partial charge in [0, 0.05) is 17.2 Å². The molecule has 0 unspecified atom stereocenters. The van der Waals surface area contributed by atoms with Gasteiger partial charge in [-0.3, -0.25) is 19.2 Å². The number of benzene rings is 2. The third kappa shape index (κ3) is 4.76. The molecule has 5 heteroatoms. The van der Waals surface area contributed by atoms with E-state index >= 15 is 0 Å². The molecule has 1 fully saturated rings. The highest BCUT2D eigenvalue weighted by atomic mass is 31.2. The van der Waals surface area contributed by atoms with E-state index in [0.29, 0.717) is 11.1 Å². The molecule has 0 atom stereocenters. The Labute approximate surface area is 186 Å². The molecule has 166 valence electrons. The smallest absolute Gasteiger partial charge is 0.283 e. The normalized spacial score (nSPS) is 15.2. The van der Waals surface area contributed by atoms with Gasteiger partial charge in [0.25, 0.3) is 7.29 Å². The molecular weight excluding hydrogens is 405 g/mol. The fourth-order valence-corrected chi connectivity index (χ4v) is 7.57. The quantitative estimate of drug-likeness (QED) is 0.508. The third-order valence-electron chi connectivity index (χ3n) is 6.32. The number of nitrogens with one attached hydrogen (secondary N) is 1. The van der Waals surface area contributed by atoms with Crippen LogP contribution in [0.2, 0.25) is 0 Å².